The lowest BCUT2D eigenvalue weighted by Gasteiger charge is -2.13. The van der Waals surface area contributed by atoms with E-state index in [1.807, 2.05) is 30.3 Å². The number of nitrogens with one attached hydrogen (secondary N) is 1. The highest BCUT2D eigenvalue weighted by atomic mass is 35.5. The molecule has 0 bridgehead atoms. The van der Waals surface area contributed by atoms with Gasteiger partial charge in [-0.3, -0.25) is 0 Å². The average molecular weight is 478 g/mol. The Morgan fingerprint density at radius 2 is 2.03 bits per heavy atom. The molecule has 0 spiro atoms. The number of ether oxygens (including phenoxy) is 2. The normalized spacial score (nSPS) is 16.2. The van der Waals surface area contributed by atoms with Crippen LogP contribution < -0.4 is 4.72 Å². The quantitative estimate of drug-likeness (QED) is 0.491. The number of carbonyl (C=O) groups is 1. The fourth-order valence-corrected chi connectivity index (χ4v) is 4.74. The zero-order valence-corrected chi connectivity index (χ0v) is 18.4. The van der Waals surface area contributed by atoms with Crippen LogP contribution in [-0.2, 0) is 26.1 Å². The Morgan fingerprint density at radius 3 is 2.78 bits per heavy atom. The van der Waals surface area contributed by atoms with Crippen LogP contribution in [0.4, 0.5) is 0 Å². The summed E-state index contributed by atoms with van der Waals surface area (Å²) in [5.74, 6) is -0.275. The van der Waals surface area contributed by atoms with Crippen LogP contribution in [0.15, 0.2) is 57.9 Å². The SMILES string of the molecule is O=C(OCc1nc(-c2ccccc2)no1)c1ccc(Cl)c(S(=O)(=O)NCC2CCCO2)c1. The molecule has 3 aromatic rings. The van der Waals surface area contributed by atoms with E-state index in [-0.39, 0.29) is 40.6 Å². The second-order valence-electron chi connectivity index (χ2n) is 7.09. The lowest BCUT2D eigenvalue weighted by Crippen LogP contribution is -2.32. The molecular weight excluding hydrogens is 458 g/mol. The molecule has 168 valence electrons. The van der Waals surface area contributed by atoms with Crippen molar-refractivity contribution in [2.45, 2.75) is 30.4 Å². The molecule has 1 aromatic heterocycles. The van der Waals surface area contributed by atoms with Crippen molar-refractivity contribution in [1.82, 2.24) is 14.9 Å². The van der Waals surface area contributed by atoms with Crippen LogP contribution in [0.25, 0.3) is 11.4 Å². The molecule has 11 heteroatoms. The van der Waals surface area contributed by atoms with Gasteiger partial charge in [0, 0.05) is 18.7 Å². The number of hydrogen-bond acceptors (Lipinski definition) is 8. The van der Waals surface area contributed by atoms with E-state index >= 15 is 0 Å². The van der Waals surface area contributed by atoms with Gasteiger partial charge in [0.05, 0.1) is 16.7 Å². The predicted octanol–water partition coefficient (Wildman–Crippen LogP) is 3.20. The Kier molecular flexibility index (Phi) is 6.85. The van der Waals surface area contributed by atoms with E-state index in [1.54, 1.807) is 0 Å². The van der Waals surface area contributed by atoms with Gasteiger partial charge in [0.15, 0.2) is 6.61 Å². The topological polar surface area (TPSA) is 121 Å². The minimum absolute atomic E-state index is 0.00852. The minimum atomic E-state index is -3.94. The van der Waals surface area contributed by atoms with Gasteiger partial charge in [-0.1, -0.05) is 47.1 Å². The maximum Gasteiger partial charge on any atom is 0.338 e. The predicted molar refractivity (Wildman–Crippen MR) is 114 cm³/mol. The summed E-state index contributed by atoms with van der Waals surface area (Å²) in [6.07, 6.45) is 1.50. The maximum atomic E-state index is 12.7. The summed E-state index contributed by atoms with van der Waals surface area (Å²) < 4.78 is 43.5. The molecule has 0 amide bonds. The fourth-order valence-electron chi connectivity index (χ4n) is 3.15. The number of halogens is 1. The van der Waals surface area contributed by atoms with Gasteiger partial charge in [-0.05, 0) is 31.0 Å². The molecule has 0 aliphatic carbocycles. The smallest absolute Gasteiger partial charge is 0.338 e. The largest absolute Gasteiger partial charge is 0.452 e. The molecule has 2 aromatic carbocycles. The minimum Gasteiger partial charge on any atom is -0.452 e. The highest BCUT2D eigenvalue weighted by Gasteiger charge is 2.24. The second kappa shape index (κ2) is 9.78. The zero-order chi connectivity index (χ0) is 22.6. The van der Waals surface area contributed by atoms with Gasteiger partial charge in [-0.2, -0.15) is 4.98 Å². The first kappa shape index (κ1) is 22.4. The Balaban J connectivity index is 1.41. The first-order valence-corrected chi connectivity index (χ1v) is 11.7. The molecule has 1 N–H and O–H groups in total. The molecule has 1 fully saturated rings. The highest BCUT2D eigenvalue weighted by Crippen LogP contribution is 2.24. The van der Waals surface area contributed by atoms with E-state index in [0.29, 0.717) is 12.4 Å². The van der Waals surface area contributed by atoms with Gasteiger partial charge in [-0.25, -0.2) is 17.9 Å². The van der Waals surface area contributed by atoms with Crippen molar-refractivity contribution in [3.8, 4) is 11.4 Å². The molecule has 1 saturated heterocycles. The summed E-state index contributed by atoms with van der Waals surface area (Å²) in [7, 11) is -3.94. The van der Waals surface area contributed by atoms with Crippen LogP contribution in [0.2, 0.25) is 5.02 Å². The first-order valence-electron chi connectivity index (χ1n) is 9.88. The van der Waals surface area contributed by atoms with E-state index in [4.69, 9.17) is 25.6 Å². The standard InChI is InChI=1S/C21H20ClN3O6S/c22-17-9-8-15(11-18(17)32(27,28)23-12-16-7-4-10-29-16)21(26)30-13-19-24-20(25-31-19)14-5-2-1-3-6-14/h1-3,5-6,8-9,11,16,23H,4,7,10,12-13H2. The first-order chi connectivity index (χ1) is 15.4. The van der Waals surface area contributed by atoms with Crippen LogP contribution >= 0.6 is 11.6 Å². The molecule has 9 nitrogen and oxygen atoms in total. The van der Waals surface area contributed by atoms with Crippen LogP contribution in [-0.4, -0.2) is 43.8 Å². The summed E-state index contributed by atoms with van der Waals surface area (Å²) >= 11 is 6.08. The van der Waals surface area contributed by atoms with Crippen LogP contribution in [0.1, 0.15) is 29.1 Å². The number of benzene rings is 2. The van der Waals surface area contributed by atoms with Crippen molar-refractivity contribution >= 4 is 27.6 Å². The fraction of sp³-hybridized carbons (Fsp3) is 0.286. The Bertz CT molecular complexity index is 1190. The van der Waals surface area contributed by atoms with E-state index < -0.39 is 16.0 Å². The number of hydrogen-bond donors (Lipinski definition) is 1. The van der Waals surface area contributed by atoms with Crippen molar-refractivity contribution in [2.24, 2.45) is 0 Å². The molecule has 1 aliphatic rings. The Morgan fingerprint density at radius 1 is 1.22 bits per heavy atom. The summed E-state index contributed by atoms with van der Waals surface area (Å²) in [4.78, 5) is 16.4. The number of carbonyl (C=O) groups excluding carboxylic acids is 1. The number of rotatable bonds is 8. The van der Waals surface area contributed by atoms with Crippen molar-refractivity contribution in [3.63, 3.8) is 0 Å². The third-order valence-electron chi connectivity index (χ3n) is 4.81. The molecule has 4 rings (SSSR count). The van der Waals surface area contributed by atoms with E-state index in [9.17, 15) is 13.2 Å². The molecular formula is C21H20ClN3O6S. The lowest BCUT2D eigenvalue weighted by atomic mass is 10.2. The molecule has 1 unspecified atom stereocenters. The van der Waals surface area contributed by atoms with Crippen LogP contribution in [0, 0.1) is 0 Å². The molecule has 32 heavy (non-hydrogen) atoms. The van der Waals surface area contributed by atoms with E-state index in [0.717, 1.165) is 18.4 Å². The number of esters is 1. The van der Waals surface area contributed by atoms with Crippen molar-refractivity contribution in [1.29, 1.82) is 0 Å². The summed E-state index contributed by atoms with van der Waals surface area (Å²) in [6.45, 7) is 0.482. The van der Waals surface area contributed by atoms with Crippen molar-refractivity contribution in [2.75, 3.05) is 13.2 Å². The van der Waals surface area contributed by atoms with E-state index in [2.05, 4.69) is 14.9 Å². The monoisotopic (exact) mass is 477 g/mol. The van der Waals surface area contributed by atoms with Crippen molar-refractivity contribution in [3.05, 3.63) is 65.0 Å². The summed E-state index contributed by atoms with van der Waals surface area (Å²) in [6, 6.07) is 13.1. The summed E-state index contributed by atoms with van der Waals surface area (Å²) in [5.41, 5.74) is 0.784. The van der Waals surface area contributed by atoms with E-state index in [1.165, 1.54) is 18.2 Å². The molecule has 1 atom stereocenters. The maximum absolute atomic E-state index is 12.7. The van der Waals surface area contributed by atoms with Crippen LogP contribution in [0.5, 0.6) is 0 Å². The molecule has 0 saturated carbocycles. The van der Waals surface area contributed by atoms with Crippen LogP contribution in [0.3, 0.4) is 0 Å². The summed E-state index contributed by atoms with van der Waals surface area (Å²) in [5, 5.41) is 3.85. The van der Waals surface area contributed by atoms with Gasteiger partial charge in [0.1, 0.15) is 4.90 Å². The van der Waals surface area contributed by atoms with Gasteiger partial charge < -0.3 is 14.0 Å². The zero-order valence-electron chi connectivity index (χ0n) is 16.9. The van der Waals surface area contributed by atoms with Gasteiger partial charge in [0.25, 0.3) is 5.89 Å². The molecule has 0 radical (unpaired) electrons. The Hall–Kier alpha value is -2.79. The third-order valence-corrected chi connectivity index (χ3v) is 6.71. The molecule has 2 heterocycles. The van der Waals surface area contributed by atoms with Gasteiger partial charge in [-0.15, -0.1) is 0 Å². The number of aromatic nitrogens is 2. The number of nitrogens with zero attached hydrogens (tertiary/aromatic N) is 2. The van der Waals surface area contributed by atoms with Gasteiger partial charge in [0.2, 0.25) is 15.8 Å². The van der Waals surface area contributed by atoms with Gasteiger partial charge >= 0.3 is 5.97 Å². The lowest BCUT2D eigenvalue weighted by molar-refractivity contribution is 0.0429. The third kappa shape index (κ3) is 5.33. The van der Waals surface area contributed by atoms with Crippen molar-refractivity contribution < 1.29 is 27.2 Å². The number of sulfonamides is 1. The highest BCUT2D eigenvalue weighted by molar-refractivity contribution is 7.89. The average Bonchev–Trinajstić information content (AvgIpc) is 3.49. The second-order valence-corrected chi connectivity index (χ2v) is 9.23. The molecule has 1 aliphatic heterocycles. The Labute approximate surface area is 189 Å².